The van der Waals surface area contributed by atoms with Gasteiger partial charge in [-0.1, -0.05) is 0 Å². The predicted octanol–water partition coefficient (Wildman–Crippen LogP) is 1.11. The fourth-order valence-electron chi connectivity index (χ4n) is 2.42. The van der Waals surface area contributed by atoms with E-state index < -0.39 is 4.92 Å². The van der Waals surface area contributed by atoms with E-state index in [1.165, 1.54) is 12.3 Å². The minimum Gasteiger partial charge on any atom is -0.395 e. The van der Waals surface area contributed by atoms with Crippen LogP contribution < -0.4 is 5.32 Å². The Morgan fingerprint density at radius 1 is 1.45 bits per heavy atom. The quantitative estimate of drug-likeness (QED) is 0.599. The fraction of sp³-hybridized carbons (Fsp3) is 0.615. The van der Waals surface area contributed by atoms with Crippen molar-refractivity contribution in [3.05, 3.63) is 28.4 Å². The zero-order valence-corrected chi connectivity index (χ0v) is 11.4. The van der Waals surface area contributed by atoms with Gasteiger partial charge < -0.3 is 25.4 Å². The number of hydrogen-bond acceptors (Lipinski definition) is 6. The number of aliphatic hydroxyl groups is 1. The number of nitrogens with one attached hydrogen (secondary N) is 1. The summed E-state index contributed by atoms with van der Waals surface area (Å²) in [4.78, 5) is 16.1. The van der Waals surface area contributed by atoms with Gasteiger partial charge in [-0.15, -0.1) is 0 Å². The maximum Gasteiger partial charge on any atom is 0.363 e. The first-order valence-corrected chi connectivity index (χ1v) is 6.86. The molecule has 20 heavy (non-hydrogen) atoms. The number of piperidine rings is 1. The molecule has 1 fully saturated rings. The van der Waals surface area contributed by atoms with Crippen molar-refractivity contribution in [3.8, 4) is 0 Å². The molecule has 0 aliphatic carbocycles. The Kier molecular flexibility index (Phi) is 5.25. The number of β-amino-alcohol motifs (C(OH)–C–C–N with tert-alkyl or cyclic N) is 1. The number of hydrogen-bond donors (Lipinski definition) is 2. The molecule has 2 heterocycles. The minimum atomic E-state index is -0.499. The maximum absolute atomic E-state index is 10.5. The van der Waals surface area contributed by atoms with Gasteiger partial charge in [0.1, 0.15) is 0 Å². The zero-order chi connectivity index (χ0) is 14.4. The molecule has 0 saturated carbocycles. The Balaban J connectivity index is 1.74. The van der Waals surface area contributed by atoms with E-state index in [1.54, 1.807) is 6.07 Å². The standard InChI is InChI=1S/C13H20N4O3/c18-8-7-16-5-3-11(4-6-16)9-14-12-1-2-13(15-10-12)17(19)20/h1-2,10-11,14,18H,3-9H2. The van der Waals surface area contributed by atoms with Crippen LogP contribution in [0, 0.1) is 16.0 Å². The molecule has 0 spiro atoms. The van der Waals surface area contributed by atoms with E-state index >= 15 is 0 Å². The molecule has 2 rings (SSSR count). The molecule has 0 aromatic carbocycles. The topological polar surface area (TPSA) is 91.5 Å². The second-order valence-electron chi connectivity index (χ2n) is 5.05. The van der Waals surface area contributed by atoms with Crippen molar-refractivity contribution in [2.75, 3.05) is 38.1 Å². The summed E-state index contributed by atoms with van der Waals surface area (Å²) in [6.45, 7) is 3.87. The van der Waals surface area contributed by atoms with Gasteiger partial charge in [-0.05, 0) is 47.8 Å². The smallest absolute Gasteiger partial charge is 0.363 e. The molecule has 0 atom stereocenters. The number of nitro groups is 1. The van der Waals surface area contributed by atoms with Crippen molar-refractivity contribution in [1.29, 1.82) is 0 Å². The predicted molar refractivity (Wildman–Crippen MR) is 75.6 cm³/mol. The number of nitrogens with zero attached hydrogens (tertiary/aromatic N) is 3. The number of anilines is 1. The molecule has 1 saturated heterocycles. The number of likely N-dealkylation sites (tertiary alicyclic amines) is 1. The first-order chi connectivity index (χ1) is 9.69. The van der Waals surface area contributed by atoms with Crippen LogP contribution in [0.4, 0.5) is 11.5 Å². The lowest BCUT2D eigenvalue weighted by molar-refractivity contribution is -0.389. The average Bonchev–Trinajstić information content (AvgIpc) is 2.47. The second kappa shape index (κ2) is 7.16. The van der Waals surface area contributed by atoms with Crippen molar-refractivity contribution >= 4 is 11.5 Å². The van der Waals surface area contributed by atoms with Crippen LogP contribution in [0.25, 0.3) is 0 Å². The summed E-state index contributed by atoms with van der Waals surface area (Å²) < 4.78 is 0. The van der Waals surface area contributed by atoms with E-state index in [0.29, 0.717) is 5.92 Å². The zero-order valence-electron chi connectivity index (χ0n) is 11.4. The first-order valence-electron chi connectivity index (χ1n) is 6.86. The third kappa shape index (κ3) is 4.14. The molecule has 0 radical (unpaired) electrons. The molecular weight excluding hydrogens is 260 g/mol. The van der Waals surface area contributed by atoms with Gasteiger partial charge in [0, 0.05) is 19.2 Å². The third-order valence-corrected chi connectivity index (χ3v) is 3.65. The lowest BCUT2D eigenvalue weighted by atomic mass is 9.97. The van der Waals surface area contributed by atoms with Gasteiger partial charge in [-0.3, -0.25) is 0 Å². The van der Waals surface area contributed by atoms with Crippen molar-refractivity contribution in [2.24, 2.45) is 5.92 Å². The van der Waals surface area contributed by atoms with Gasteiger partial charge in [0.2, 0.25) is 0 Å². The Morgan fingerprint density at radius 3 is 2.75 bits per heavy atom. The SMILES string of the molecule is O=[N+]([O-])c1ccc(NCC2CCN(CCO)CC2)cn1. The van der Waals surface area contributed by atoms with Crippen LogP contribution in [0.2, 0.25) is 0 Å². The summed E-state index contributed by atoms with van der Waals surface area (Å²) in [5.74, 6) is 0.466. The normalized spacial score (nSPS) is 17.1. The molecular formula is C13H20N4O3. The van der Waals surface area contributed by atoms with Crippen LogP contribution in [0.5, 0.6) is 0 Å². The van der Waals surface area contributed by atoms with Crippen LogP contribution >= 0.6 is 0 Å². The third-order valence-electron chi connectivity index (χ3n) is 3.65. The summed E-state index contributed by atoms with van der Waals surface area (Å²) in [7, 11) is 0. The van der Waals surface area contributed by atoms with E-state index in [2.05, 4.69) is 15.2 Å². The van der Waals surface area contributed by atoms with E-state index in [0.717, 1.165) is 44.7 Å². The summed E-state index contributed by atoms with van der Waals surface area (Å²) in [6.07, 6.45) is 3.71. The summed E-state index contributed by atoms with van der Waals surface area (Å²) in [5, 5.41) is 22.7. The Bertz CT molecular complexity index is 430. The molecule has 110 valence electrons. The molecule has 7 nitrogen and oxygen atoms in total. The molecule has 7 heteroatoms. The number of rotatable bonds is 6. The lowest BCUT2D eigenvalue weighted by Crippen LogP contribution is -2.37. The maximum atomic E-state index is 10.5. The minimum absolute atomic E-state index is 0.132. The van der Waals surface area contributed by atoms with E-state index in [4.69, 9.17) is 5.11 Å². The van der Waals surface area contributed by atoms with Crippen LogP contribution in [-0.2, 0) is 0 Å². The summed E-state index contributed by atoms with van der Waals surface area (Å²) >= 11 is 0. The van der Waals surface area contributed by atoms with E-state index in [1.807, 2.05) is 0 Å². The van der Waals surface area contributed by atoms with Crippen molar-refractivity contribution in [1.82, 2.24) is 9.88 Å². The fourth-order valence-corrected chi connectivity index (χ4v) is 2.42. The molecule has 1 aliphatic heterocycles. The highest BCUT2D eigenvalue weighted by Crippen LogP contribution is 2.18. The highest BCUT2D eigenvalue weighted by atomic mass is 16.6. The molecule has 2 N–H and O–H groups in total. The van der Waals surface area contributed by atoms with Gasteiger partial charge in [-0.25, -0.2) is 0 Å². The molecule has 1 aromatic heterocycles. The van der Waals surface area contributed by atoms with Crippen molar-refractivity contribution in [3.63, 3.8) is 0 Å². The summed E-state index contributed by atoms with van der Waals surface area (Å²) in [6, 6.07) is 3.10. The van der Waals surface area contributed by atoms with Crippen LogP contribution in [-0.4, -0.2) is 52.7 Å². The Morgan fingerprint density at radius 2 is 2.20 bits per heavy atom. The number of aromatic nitrogens is 1. The Hall–Kier alpha value is -1.73. The van der Waals surface area contributed by atoms with Gasteiger partial charge in [0.15, 0.2) is 6.20 Å². The average molecular weight is 280 g/mol. The molecule has 1 aliphatic rings. The molecule has 1 aromatic rings. The number of pyridine rings is 1. The lowest BCUT2D eigenvalue weighted by Gasteiger charge is -2.31. The monoisotopic (exact) mass is 280 g/mol. The number of aliphatic hydroxyl groups excluding tert-OH is 1. The van der Waals surface area contributed by atoms with Gasteiger partial charge in [0.25, 0.3) is 0 Å². The van der Waals surface area contributed by atoms with Crippen LogP contribution in [0.15, 0.2) is 18.3 Å². The first kappa shape index (κ1) is 14.7. The largest absolute Gasteiger partial charge is 0.395 e. The highest BCUT2D eigenvalue weighted by Gasteiger charge is 2.18. The van der Waals surface area contributed by atoms with Crippen LogP contribution in [0.3, 0.4) is 0 Å². The molecule has 0 amide bonds. The Labute approximate surface area is 117 Å². The van der Waals surface area contributed by atoms with Gasteiger partial charge in [-0.2, -0.15) is 0 Å². The van der Waals surface area contributed by atoms with E-state index in [9.17, 15) is 10.1 Å². The van der Waals surface area contributed by atoms with E-state index in [-0.39, 0.29) is 12.4 Å². The highest BCUT2D eigenvalue weighted by molar-refractivity contribution is 5.43. The van der Waals surface area contributed by atoms with Gasteiger partial charge in [0.05, 0.1) is 12.3 Å². The van der Waals surface area contributed by atoms with Crippen molar-refractivity contribution < 1.29 is 10.0 Å². The summed E-state index contributed by atoms with van der Waals surface area (Å²) in [5.41, 5.74) is 0.813. The molecule has 0 unspecified atom stereocenters. The second-order valence-corrected chi connectivity index (χ2v) is 5.05. The molecule has 0 bridgehead atoms. The van der Waals surface area contributed by atoms with Crippen molar-refractivity contribution in [2.45, 2.75) is 12.8 Å². The van der Waals surface area contributed by atoms with Gasteiger partial charge >= 0.3 is 5.82 Å². The van der Waals surface area contributed by atoms with Crippen LogP contribution in [0.1, 0.15) is 12.8 Å².